The number of rotatable bonds is 4. The molecule has 2 aromatic carbocycles. The van der Waals surface area contributed by atoms with Gasteiger partial charge in [0, 0.05) is 0 Å². The topological polar surface area (TPSA) is 12.0 Å². The van der Waals surface area contributed by atoms with E-state index in [9.17, 15) is 4.39 Å². The van der Waals surface area contributed by atoms with Crippen LogP contribution >= 0.6 is 0 Å². The van der Waals surface area contributed by atoms with E-state index in [0.29, 0.717) is 5.69 Å². The van der Waals surface area contributed by atoms with E-state index >= 15 is 0 Å². The third-order valence-corrected chi connectivity index (χ3v) is 3.21. The van der Waals surface area contributed by atoms with Crippen LogP contribution < -0.4 is 5.32 Å². The van der Waals surface area contributed by atoms with Gasteiger partial charge in [0.1, 0.15) is 5.82 Å². The summed E-state index contributed by atoms with van der Waals surface area (Å²) < 4.78 is 13.9. The van der Waals surface area contributed by atoms with Crippen molar-refractivity contribution in [3.8, 4) is 12.3 Å². The Morgan fingerprint density at radius 2 is 2.00 bits per heavy atom. The Morgan fingerprint density at radius 3 is 2.65 bits per heavy atom. The third kappa shape index (κ3) is 3.00. The number of hydrogen-bond acceptors (Lipinski definition) is 1. The summed E-state index contributed by atoms with van der Waals surface area (Å²) in [6.45, 7) is 3.97. The lowest BCUT2D eigenvalue weighted by Crippen LogP contribution is -1.99. The first-order valence-electron chi connectivity index (χ1n) is 6.77. The average Bonchev–Trinajstić information content (AvgIpc) is 2.42. The van der Waals surface area contributed by atoms with E-state index in [0.717, 1.165) is 35.2 Å². The average molecular weight is 267 g/mol. The molecule has 0 heterocycles. The van der Waals surface area contributed by atoms with Crippen LogP contribution in [0.4, 0.5) is 15.8 Å². The summed E-state index contributed by atoms with van der Waals surface area (Å²) in [5.41, 5.74) is 4.05. The molecule has 2 aromatic rings. The molecule has 0 aliphatic heterocycles. The van der Waals surface area contributed by atoms with Gasteiger partial charge in [0.05, 0.1) is 16.9 Å². The molecule has 0 saturated carbocycles. The van der Waals surface area contributed by atoms with Gasteiger partial charge in [0.15, 0.2) is 0 Å². The normalized spacial score (nSPS) is 10.1. The highest BCUT2D eigenvalue weighted by Crippen LogP contribution is 2.26. The van der Waals surface area contributed by atoms with Gasteiger partial charge in [-0.25, -0.2) is 4.39 Å². The SMILES string of the molecule is C#Cc1c(CCC)cccc1Nc1ccc(C)cc1F. The van der Waals surface area contributed by atoms with Gasteiger partial charge in [-0.2, -0.15) is 0 Å². The highest BCUT2D eigenvalue weighted by atomic mass is 19.1. The van der Waals surface area contributed by atoms with E-state index in [4.69, 9.17) is 6.42 Å². The number of benzene rings is 2. The molecule has 0 saturated heterocycles. The smallest absolute Gasteiger partial charge is 0.146 e. The van der Waals surface area contributed by atoms with Gasteiger partial charge in [0.2, 0.25) is 0 Å². The molecule has 102 valence electrons. The zero-order valence-corrected chi connectivity index (χ0v) is 11.8. The molecular formula is C18H18FN. The molecule has 1 N–H and O–H groups in total. The number of halogens is 1. The van der Waals surface area contributed by atoms with Crippen LogP contribution in [0, 0.1) is 25.1 Å². The summed E-state index contributed by atoms with van der Waals surface area (Å²) in [5.74, 6) is 2.45. The number of anilines is 2. The van der Waals surface area contributed by atoms with Crippen LogP contribution in [-0.4, -0.2) is 0 Å². The number of terminal acetylenes is 1. The molecule has 0 atom stereocenters. The Morgan fingerprint density at radius 1 is 1.20 bits per heavy atom. The molecule has 2 heteroatoms. The van der Waals surface area contributed by atoms with Crippen LogP contribution in [0.5, 0.6) is 0 Å². The molecule has 1 nitrogen and oxygen atoms in total. The maximum atomic E-state index is 13.9. The van der Waals surface area contributed by atoms with Crippen molar-refractivity contribution in [3.63, 3.8) is 0 Å². The summed E-state index contributed by atoms with van der Waals surface area (Å²) >= 11 is 0. The fourth-order valence-electron chi connectivity index (χ4n) is 2.22. The minimum absolute atomic E-state index is 0.270. The molecule has 0 unspecified atom stereocenters. The van der Waals surface area contributed by atoms with E-state index < -0.39 is 0 Å². The quantitative estimate of drug-likeness (QED) is 0.784. The molecule has 0 aromatic heterocycles. The Hall–Kier alpha value is -2.27. The van der Waals surface area contributed by atoms with Crippen molar-refractivity contribution in [3.05, 3.63) is 58.9 Å². The standard InChI is InChI=1S/C18H18FN/c1-4-7-14-8-6-9-17(15(14)5-2)20-18-11-10-13(3)12-16(18)19/h2,6,8-12,20H,4,7H2,1,3H3. The third-order valence-electron chi connectivity index (χ3n) is 3.21. The van der Waals surface area contributed by atoms with Gasteiger partial charge in [-0.3, -0.25) is 0 Å². The van der Waals surface area contributed by atoms with E-state index in [1.807, 2.05) is 31.2 Å². The Bertz CT molecular complexity index is 653. The van der Waals surface area contributed by atoms with E-state index in [2.05, 4.69) is 18.2 Å². The fraction of sp³-hybridized carbons (Fsp3) is 0.222. The summed E-state index contributed by atoms with van der Waals surface area (Å²) in [6, 6.07) is 11.0. The molecule has 0 fully saturated rings. The van der Waals surface area contributed by atoms with Gasteiger partial charge < -0.3 is 5.32 Å². The van der Waals surface area contributed by atoms with Crippen LogP contribution in [0.2, 0.25) is 0 Å². The lowest BCUT2D eigenvalue weighted by molar-refractivity contribution is 0.630. The first-order chi connectivity index (χ1) is 9.65. The molecular weight excluding hydrogens is 249 g/mol. The van der Waals surface area contributed by atoms with Crippen molar-refractivity contribution in [2.24, 2.45) is 0 Å². The van der Waals surface area contributed by atoms with Crippen molar-refractivity contribution in [2.75, 3.05) is 5.32 Å². The van der Waals surface area contributed by atoms with Crippen LogP contribution in [0.3, 0.4) is 0 Å². The van der Waals surface area contributed by atoms with E-state index in [1.165, 1.54) is 6.07 Å². The monoisotopic (exact) mass is 267 g/mol. The summed E-state index contributed by atoms with van der Waals surface area (Å²) in [5, 5.41) is 3.10. The molecule has 0 spiro atoms. The first kappa shape index (κ1) is 14.1. The number of aryl methyl sites for hydroxylation is 2. The van der Waals surface area contributed by atoms with Crippen molar-refractivity contribution in [1.29, 1.82) is 0 Å². The molecule has 2 rings (SSSR count). The molecule has 0 bridgehead atoms. The second-order valence-electron chi connectivity index (χ2n) is 4.84. The molecule has 0 aliphatic carbocycles. The van der Waals surface area contributed by atoms with Crippen LogP contribution in [0.1, 0.15) is 30.0 Å². The van der Waals surface area contributed by atoms with Gasteiger partial charge >= 0.3 is 0 Å². The Labute approximate surface area is 119 Å². The van der Waals surface area contributed by atoms with Crippen molar-refractivity contribution < 1.29 is 4.39 Å². The molecule has 20 heavy (non-hydrogen) atoms. The Kier molecular flexibility index (Phi) is 4.42. The lowest BCUT2D eigenvalue weighted by atomic mass is 10.0. The van der Waals surface area contributed by atoms with Gasteiger partial charge in [-0.1, -0.05) is 37.5 Å². The van der Waals surface area contributed by atoms with Crippen molar-refractivity contribution in [2.45, 2.75) is 26.7 Å². The number of nitrogens with one attached hydrogen (secondary N) is 1. The lowest BCUT2D eigenvalue weighted by Gasteiger charge is -2.13. The van der Waals surface area contributed by atoms with E-state index in [1.54, 1.807) is 6.07 Å². The second kappa shape index (κ2) is 6.25. The van der Waals surface area contributed by atoms with Gasteiger partial charge in [-0.05, 0) is 42.7 Å². The van der Waals surface area contributed by atoms with Crippen LogP contribution in [0.15, 0.2) is 36.4 Å². The highest BCUT2D eigenvalue weighted by Gasteiger charge is 2.08. The zero-order chi connectivity index (χ0) is 14.5. The van der Waals surface area contributed by atoms with Crippen LogP contribution in [0.25, 0.3) is 0 Å². The predicted molar refractivity (Wildman–Crippen MR) is 82.8 cm³/mol. The van der Waals surface area contributed by atoms with Gasteiger partial charge in [0.25, 0.3) is 0 Å². The summed E-state index contributed by atoms with van der Waals surface area (Å²) in [7, 11) is 0. The first-order valence-corrected chi connectivity index (χ1v) is 6.77. The van der Waals surface area contributed by atoms with Crippen molar-refractivity contribution in [1.82, 2.24) is 0 Å². The summed E-state index contributed by atoms with van der Waals surface area (Å²) in [4.78, 5) is 0. The van der Waals surface area contributed by atoms with Crippen LogP contribution in [-0.2, 0) is 6.42 Å². The zero-order valence-electron chi connectivity index (χ0n) is 11.8. The summed E-state index contributed by atoms with van der Waals surface area (Å²) in [6.07, 6.45) is 7.56. The second-order valence-corrected chi connectivity index (χ2v) is 4.84. The highest BCUT2D eigenvalue weighted by molar-refractivity contribution is 5.69. The minimum atomic E-state index is -0.270. The fourth-order valence-corrected chi connectivity index (χ4v) is 2.22. The maximum Gasteiger partial charge on any atom is 0.146 e. The minimum Gasteiger partial charge on any atom is -0.352 e. The Balaban J connectivity index is 2.38. The maximum absolute atomic E-state index is 13.9. The molecule has 0 amide bonds. The van der Waals surface area contributed by atoms with E-state index in [-0.39, 0.29) is 5.82 Å². The van der Waals surface area contributed by atoms with Crippen molar-refractivity contribution >= 4 is 11.4 Å². The molecule has 0 aliphatic rings. The number of hydrogen-bond donors (Lipinski definition) is 1. The van der Waals surface area contributed by atoms with Gasteiger partial charge in [-0.15, -0.1) is 6.42 Å². The largest absolute Gasteiger partial charge is 0.352 e. The predicted octanol–water partition coefficient (Wildman–Crippen LogP) is 4.81. The molecule has 0 radical (unpaired) electrons.